The van der Waals surface area contributed by atoms with Gasteiger partial charge in [-0.3, -0.25) is 4.90 Å². The molecule has 6 heteroatoms. The Morgan fingerprint density at radius 1 is 1.04 bits per heavy atom. The fourth-order valence-corrected chi connectivity index (χ4v) is 3.72. The van der Waals surface area contributed by atoms with Gasteiger partial charge in [0.2, 0.25) is 5.95 Å². The molecular weight excluding hydrogens is 344 g/mol. The first-order valence-electron chi connectivity index (χ1n) is 9.32. The highest BCUT2D eigenvalue weighted by atomic mass is 32.2. The van der Waals surface area contributed by atoms with Gasteiger partial charge in [0.05, 0.1) is 13.2 Å². The molecule has 0 N–H and O–H groups in total. The molecule has 4 rings (SSSR count). The lowest BCUT2D eigenvalue weighted by atomic mass is 10.2. The Kier molecular flexibility index (Phi) is 5.72. The lowest BCUT2D eigenvalue weighted by Crippen LogP contribution is -2.37. The Bertz CT molecular complexity index is 697. The van der Waals surface area contributed by atoms with Crippen LogP contribution < -0.4 is 4.90 Å². The predicted octanol–water partition coefficient (Wildman–Crippen LogP) is 3.20. The number of thioether (sulfide) groups is 1. The van der Waals surface area contributed by atoms with Crippen molar-refractivity contribution >= 4 is 17.7 Å². The van der Waals surface area contributed by atoms with Gasteiger partial charge in [-0.05, 0) is 36.8 Å². The molecule has 5 nitrogen and oxygen atoms in total. The molecule has 2 aliphatic rings. The molecule has 138 valence electrons. The number of benzene rings is 1. The highest BCUT2D eigenvalue weighted by molar-refractivity contribution is 7.98. The molecule has 2 heterocycles. The third kappa shape index (κ3) is 4.55. The molecule has 1 saturated heterocycles. The van der Waals surface area contributed by atoms with Gasteiger partial charge in [0.15, 0.2) is 0 Å². The van der Waals surface area contributed by atoms with Gasteiger partial charge in [-0.2, -0.15) is 0 Å². The highest BCUT2D eigenvalue weighted by Gasteiger charge is 2.29. The summed E-state index contributed by atoms with van der Waals surface area (Å²) in [5, 5.41) is 0. The SMILES string of the molecule is CSc1ccc(CN(Cc2cnc(N3CCOCC3)nc2)C2CC2)cc1. The van der Waals surface area contributed by atoms with Crippen LogP contribution in [0.4, 0.5) is 5.95 Å². The van der Waals surface area contributed by atoms with E-state index >= 15 is 0 Å². The van der Waals surface area contributed by atoms with Gasteiger partial charge in [-0.1, -0.05) is 12.1 Å². The van der Waals surface area contributed by atoms with Crippen LogP contribution in [-0.4, -0.2) is 53.5 Å². The van der Waals surface area contributed by atoms with Gasteiger partial charge < -0.3 is 9.64 Å². The van der Waals surface area contributed by atoms with Crippen LogP contribution in [-0.2, 0) is 17.8 Å². The summed E-state index contributed by atoms with van der Waals surface area (Å²) in [5.41, 5.74) is 2.56. The number of morpholine rings is 1. The maximum atomic E-state index is 5.40. The Labute approximate surface area is 159 Å². The van der Waals surface area contributed by atoms with Crippen LogP contribution in [0.3, 0.4) is 0 Å². The number of nitrogens with zero attached hydrogens (tertiary/aromatic N) is 4. The summed E-state index contributed by atoms with van der Waals surface area (Å²) in [6.07, 6.45) is 8.70. The first-order valence-corrected chi connectivity index (χ1v) is 10.5. The van der Waals surface area contributed by atoms with Gasteiger partial charge in [-0.15, -0.1) is 11.8 Å². The monoisotopic (exact) mass is 370 g/mol. The number of anilines is 1. The van der Waals surface area contributed by atoms with Crippen LogP contribution in [0.5, 0.6) is 0 Å². The van der Waals surface area contributed by atoms with Crippen LogP contribution in [0.1, 0.15) is 24.0 Å². The fourth-order valence-electron chi connectivity index (χ4n) is 3.31. The zero-order chi connectivity index (χ0) is 17.8. The van der Waals surface area contributed by atoms with Crippen molar-refractivity contribution in [3.8, 4) is 0 Å². The van der Waals surface area contributed by atoms with Crippen LogP contribution in [0.2, 0.25) is 0 Å². The second-order valence-electron chi connectivity index (χ2n) is 6.97. The third-order valence-corrected chi connectivity index (χ3v) is 5.72. The second-order valence-corrected chi connectivity index (χ2v) is 7.85. The van der Waals surface area contributed by atoms with E-state index in [-0.39, 0.29) is 0 Å². The van der Waals surface area contributed by atoms with E-state index in [1.807, 2.05) is 12.4 Å². The summed E-state index contributed by atoms with van der Waals surface area (Å²) < 4.78 is 5.40. The first-order chi connectivity index (χ1) is 12.8. The van der Waals surface area contributed by atoms with Crippen molar-refractivity contribution in [2.45, 2.75) is 36.9 Å². The molecule has 2 aromatic rings. The molecule has 2 fully saturated rings. The van der Waals surface area contributed by atoms with Gasteiger partial charge in [0.1, 0.15) is 0 Å². The van der Waals surface area contributed by atoms with Crippen molar-refractivity contribution in [1.82, 2.24) is 14.9 Å². The van der Waals surface area contributed by atoms with Crippen molar-refractivity contribution in [3.63, 3.8) is 0 Å². The Hall–Kier alpha value is -1.63. The minimum absolute atomic E-state index is 0.703. The molecule has 0 bridgehead atoms. The van der Waals surface area contributed by atoms with E-state index in [2.05, 4.69) is 50.3 Å². The van der Waals surface area contributed by atoms with Crippen molar-refractivity contribution in [2.24, 2.45) is 0 Å². The molecule has 0 radical (unpaired) electrons. The highest BCUT2D eigenvalue weighted by Crippen LogP contribution is 2.30. The molecule has 0 spiro atoms. The van der Waals surface area contributed by atoms with E-state index in [4.69, 9.17) is 4.74 Å². The topological polar surface area (TPSA) is 41.5 Å². The van der Waals surface area contributed by atoms with Gasteiger partial charge in [0, 0.05) is 55.1 Å². The van der Waals surface area contributed by atoms with Crippen LogP contribution in [0.15, 0.2) is 41.6 Å². The average molecular weight is 371 g/mol. The summed E-state index contributed by atoms with van der Waals surface area (Å²) in [6, 6.07) is 9.63. The lowest BCUT2D eigenvalue weighted by Gasteiger charge is -2.27. The Balaban J connectivity index is 1.39. The first kappa shape index (κ1) is 17.8. The summed E-state index contributed by atoms with van der Waals surface area (Å²) in [4.78, 5) is 15.3. The standard InChI is InChI=1S/C20H26N4OS/c1-26-19-6-2-16(3-7-19)14-24(18-4-5-18)15-17-12-21-20(22-13-17)23-8-10-25-11-9-23/h2-3,6-7,12-13,18H,4-5,8-11,14-15H2,1H3. The minimum Gasteiger partial charge on any atom is -0.378 e. The molecule has 1 saturated carbocycles. The van der Waals surface area contributed by atoms with E-state index < -0.39 is 0 Å². The number of hydrogen-bond acceptors (Lipinski definition) is 6. The molecule has 1 aliphatic heterocycles. The second kappa shape index (κ2) is 8.37. The molecule has 26 heavy (non-hydrogen) atoms. The summed E-state index contributed by atoms with van der Waals surface area (Å²) in [7, 11) is 0. The molecular formula is C20H26N4OS. The molecule has 1 aliphatic carbocycles. The van der Waals surface area contributed by atoms with Gasteiger partial charge in [-0.25, -0.2) is 9.97 Å². The van der Waals surface area contributed by atoms with Crippen molar-refractivity contribution in [1.29, 1.82) is 0 Å². The summed E-state index contributed by atoms with van der Waals surface area (Å²) in [6.45, 7) is 5.17. The number of hydrogen-bond donors (Lipinski definition) is 0. The largest absolute Gasteiger partial charge is 0.378 e. The molecule has 0 atom stereocenters. The third-order valence-electron chi connectivity index (χ3n) is 4.98. The maximum absolute atomic E-state index is 5.40. The number of rotatable bonds is 7. The zero-order valence-corrected chi connectivity index (χ0v) is 16.1. The van der Waals surface area contributed by atoms with E-state index in [0.29, 0.717) is 6.04 Å². The van der Waals surface area contributed by atoms with Gasteiger partial charge in [0.25, 0.3) is 0 Å². The number of ether oxygens (including phenoxy) is 1. The van der Waals surface area contributed by atoms with E-state index in [0.717, 1.165) is 45.3 Å². The van der Waals surface area contributed by atoms with Crippen molar-refractivity contribution < 1.29 is 4.74 Å². The summed E-state index contributed by atoms with van der Waals surface area (Å²) in [5.74, 6) is 0.822. The molecule has 0 unspecified atom stereocenters. The Morgan fingerprint density at radius 2 is 1.69 bits per heavy atom. The smallest absolute Gasteiger partial charge is 0.225 e. The quantitative estimate of drug-likeness (QED) is 0.697. The van der Waals surface area contributed by atoms with E-state index in [1.165, 1.54) is 28.9 Å². The lowest BCUT2D eigenvalue weighted by molar-refractivity contribution is 0.122. The zero-order valence-electron chi connectivity index (χ0n) is 15.3. The molecule has 1 aromatic heterocycles. The predicted molar refractivity (Wildman–Crippen MR) is 106 cm³/mol. The van der Waals surface area contributed by atoms with Crippen molar-refractivity contribution in [3.05, 3.63) is 47.8 Å². The fraction of sp³-hybridized carbons (Fsp3) is 0.500. The normalized spacial score (nSPS) is 17.7. The average Bonchev–Trinajstić information content (AvgIpc) is 3.55. The van der Waals surface area contributed by atoms with Crippen LogP contribution in [0, 0.1) is 0 Å². The van der Waals surface area contributed by atoms with E-state index in [1.54, 1.807) is 11.8 Å². The number of aromatic nitrogens is 2. The maximum Gasteiger partial charge on any atom is 0.225 e. The van der Waals surface area contributed by atoms with Crippen LogP contribution in [0.25, 0.3) is 0 Å². The minimum atomic E-state index is 0.703. The van der Waals surface area contributed by atoms with Crippen LogP contribution >= 0.6 is 11.8 Å². The van der Waals surface area contributed by atoms with E-state index in [9.17, 15) is 0 Å². The van der Waals surface area contributed by atoms with Gasteiger partial charge >= 0.3 is 0 Å². The molecule has 0 amide bonds. The molecule has 1 aromatic carbocycles. The summed E-state index contributed by atoms with van der Waals surface area (Å²) >= 11 is 1.79. The Morgan fingerprint density at radius 3 is 2.31 bits per heavy atom. The van der Waals surface area contributed by atoms with Crippen molar-refractivity contribution in [2.75, 3.05) is 37.5 Å².